The number of ether oxygens (including phenoxy) is 1. The minimum Gasteiger partial charge on any atom is -0.482 e. The summed E-state index contributed by atoms with van der Waals surface area (Å²) >= 11 is 0. The van der Waals surface area contributed by atoms with Gasteiger partial charge in [0.05, 0.1) is 16.7 Å². The number of benzene rings is 1. The largest absolute Gasteiger partial charge is 0.482 e. The molecule has 0 unspecified atom stereocenters. The lowest BCUT2D eigenvalue weighted by Crippen LogP contribution is -2.02. The Bertz CT molecular complexity index is 608. The van der Waals surface area contributed by atoms with E-state index in [1.165, 1.54) is 12.5 Å². The summed E-state index contributed by atoms with van der Waals surface area (Å²) in [6, 6.07) is 3.34. The third-order valence-electron chi connectivity index (χ3n) is 2.28. The first-order valence-corrected chi connectivity index (χ1v) is 5.10. The summed E-state index contributed by atoms with van der Waals surface area (Å²) in [4.78, 5) is 21.0. The third kappa shape index (κ3) is 2.86. The van der Waals surface area contributed by atoms with Crippen molar-refractivity contribution in [3.8, 4) is 5.75 Å². The molecule has 0 spiro atoms. The lowest BCUT2D eigenvalue weighted by Gasteiger charge is -2.06. The van der Waals surface area contributed by atoms with Crippen LogP contribution in [0.5, 0.6) is 5.75 Å². The van der Waals surface area contributed by atoms with Crippen LogP contribution >= 0.6 is 0 Å². The first kappa shape index (κ1) is 12.6. The zero-order valence-electron chi connectivity index (χ0n) is 9.48. The van der Waals surface area contributed by atoms with Gasteiger partial charge in [-0.05, 0) is 6.07 Å². The highest BCUT2D eigenvalue weighted by atomic mass is 16.6. The molecule has 1 N–H and O–H groups in total. The minimum absolute atomic E-state index is 0.00654. The molecule has 0 radical (unpaired) electrons. The number of carboxylic acid groups (broad SMARTS) is 1. The zero-order chi connectivity index (χ0) is 13.8. The van der Waals surface area contributed by atoms with Crippen LogP contribution in [0.3, 0.4) is 0 Å². The molecule has 0 bridgehead atoms. The van der Waals surface area contributed by atoms with Crippen LogP contribution in [0.1, 0.15) is 15.9 Å². The van der Waals surface area contributed by atoms with Crippen molar-refractivity contribution < 1.29 is 24.1 Å². The Morgan fingerprint density at radius 1 is 1.53 bits per heavy atom. The first-order chi connectivity index (χ1) is 9.08. The van der Waals surface area contributed by atoms with Crippen molar-refractivity contribution in [3.05, 3.63) is 51.9 Å². The van der Waals surface area contributed by atoms with Gasteiger partial charge in [-0.25, -0.2) is 4.79 Å². The van der Waals surface area contributed by atoms with Gasteiger partial charge in [-0.15, -0.1) is 0 Å². The highest BCUT2D eigenvalue weighted by Gasteiger charge is 2.18. The van der Waals surface area contributed by atoms with E-state index in [1.54, 1.807) is 0 Å². The zero-order valence-corrected chi connectivity index (χ0v) is 9.48. The fourth-order valence-corrected chi connectivity index (χ4v) is 1.37. The molecular weight excluding hydrogens is 256 g/mol. The Morgan fingerprint density at radius 3 is 2.89 bits per heavy atom. The SMILES string of the molecule is O=C(O)c1ccc([N+](=O)[O-])c(OCc2cnoc2)c1. The summed E-state index contributed by atoms with van der Waals surface area (Å²) in [5.41, 5.74) is 0.183. The van der Waals surface area contributed by atoms with Crippen molar-refractivity contribution >= 4 is 11.7 Å². The third-order valence-corrected chi connectivity index (χ3v) is 2.28. The topological polar surface area (TPSA) is 116 Å². The normalized spacial score (nSPS) is 10.1. The molecule has 1 aromatic heterocycles. The monoisotopic (exact) mass is 264 g/mol. The molecule has 2 rings (SSSR count). The van der Waals surface area contributed by atoms with Crippen LogP contribution in [0.15, 0.2) is 35.2 Å². The summed E-state index contributed by atoms with van der Waals surface area (Å²) in [7, 11) is 0. The number of carbonyl (C=O) groups is 1. The maximum atomic E-state index is 10.8. The van der Waals surface area contributed by atoms with Crippen LogP contribution in [-0.4, -0.2) is 21.2 Å². The Morgan fingerprint density at radius 2 is 2.32 bits per heavy atom. The molecule has 19 heavy (non-hydrogen) atoms. The van der Waals surface area contributed by atoms with Gasteiger partial charge in [0.25, 0.3) is 0 Å². The summed E-state index contributed by atoms with van der Waals surface area (Å²) < 4.78 is 9.81. The quantitative estimate of drug-likeness (QED) is 0.647. The number of nitro groups is 1. The highest BCUT2D eigenvalue weighted by molar-refractivity contribution is 5.88. The standard InChI is InChI=1S/C11H8N2O6/c14-11(15)8-1-2-9(13(16)17)10(3-8)18-5-7-4-12-19-6-7/h1-4,6H,5H2,(H,14,15). The molecule has 0 saturated carbocycles. The molecular formula is C11H8N2O6. The fraction of sp³-hybridized carbons (Fsp3) is 0.0909. The molecule has 8 heteroatoms. The van der Waals surface area contributed by atoms with Gasteiger partial charge in [0.15, 0.2) is 5.75 Å². The van der Waals surface area contributed by atoms with Crippen LogP contribution in [0, 0.1) is 10.1 Å². The smallest absolute Gasteiger partial charge is 0.335 e. The highest BCUT2D eigenvalue weighted by Crippen LogP contribution is 2.28. The van der Waals surface area contributed by atoms with Gasteiger partial charge in [0.1, 0.15) is 12.9 Å². The summed E-state index contributed by atoms with van der Waals surface area (Å²) in [6.45, 7) is -0.00654. The number of aromatic nitrogens is 1. The van der Waals surface area contributed by atoms with Crippen molar-refractivity contribution in [2.24, 2.45) is 0 Å². The summed E-state index contributed by atoms with van der Waals surface area (Å²) in [6.07, 6.45) is 2.72. The number of nitro benzene ring substituents is 1. The van der Waals surface area contributed by atoms with E-state index in [4.69, 9.17) is 9.84 Å². The molecule has 0 atom stereocenters. The van der Waals surface area contributed by atoms with Crippen molar-refractivity contribution in [2.45, 2.75) is 6.61 Å². The minimum atomic E-state index is -1.19. The van der Waals surface area contributed by atoms with E-state index < -0.39 is 10.9 Å². The fourth-order valence-electron chi connectivity index (χ4n) is 1.37. The Hall–Kier alpha value is -2.90. The van der Waals surface area contributed by atoms with Crippen LogP contribution in [0.4, 0.5) is 5.69 Å². The number of hydrogen-bond acceptors (Lipinski definition) is 6. The molecule has 0 saturated heterocycles. The van der Waals surface area contributed by atoms with Gasteiger partial charge in [-0.2, -0.15) is 0 Å². The molecule has 0 amide bonds. The molecule has 0 aliphatic rings. The first-order valence-electron chi connectivity index (χ1n) is 5.10. The molecule has 98 valence electrons. The maximum absolute atomic E-state index is 10.8. The van der Waals surface area contributed by atoms with E-state index in [-0.39, 0.29) is 23.6 Å². The van der Waals surface area contributed by atoms with Gasteiger partial charge < -0.3 is 14.4 Å². The van der Waals surface area contributed by atoms with E-state index in [0.717, 1.165) is 18.2 Å². The molecule has 1 aromatic carbocycles. The number of carboxylic acids is 1. The van der Waals surface area contributed by atoms with Crippen LogP contribution < -0.4 is 4.74 Å². The maximum Gasteiger partial charge on any atom is 0.335 e. The average molecular weight is 264 g/mol. The van der Waals surface area contributed by atoms with Crippen LogP contribution in [0.25, 0.3) is 0 Å². The molecule has 2 aromatic rings. The van der Waals surface area contributed by atoms with Crippen molar-refractivity contribution in [2.75, 3.05) is 0 Å². The van der Waals surface area contributed by atoms with Crippen molar-refractivity contribution in [1.29, 1.82) is 0 Å². The second-order valence-corrected chi connectivity index (χ2v) is 3.57. The van der Waals surface area contributed by atoms with E-state index in [2.05, 4.69) is 9.68 Å². The predicted octanol–water partition coefficient (Wildman–Crippen LogP) is 1.86. The predicted molar refractivity (Wildman–Crippen MR) is 60.9 cm³/mol. The number of rotatable bonds is 5. The molecule has 0 fully saturated rings. The molecule has 1 heterocycles. The average Bonchev–Trinajstić information content (AvgIpc) is 2.88. The molecule has 0 aliphatic heterocycles. The van der Waals surface area contributed by atoms with Crippen molar-refractivity contribution in [1.82, 2.24) is 5.16 Å². The number of hydrogen-bond donors (Lipinski definition) is 1. The van der Waals surface area contributed by atoms with Crippen molar-refractivity contribution in [3.63, 3.8) is 0 Å². The summed E-state index contributed by atoms with van der Waals surface area (Å²) in [5, 5.41) is 23.1. The Labute approximate surface area is 106 Å². The van der Waals surface area contributed by atoms with E-state index >= 15 is 0 Å². The van der Waals surface area contributed by atoms with Gasteiger partial charge >= 0.3 is 11.7 Å². The molecule has 0 aliphatic carbocycles. The Balaban J connectivity index is 2.27. The number of nitrogens with zero attached hydrogens (tertiary/aromatic N) is 2. The van der Waals surface area contributed by atoms with Crippen LogP contribution in [0.2, 0.25) is 0 Å². The second-order valence-electron chi connectivity index (χ2n) is 3.57. The lowest BCUT2D eigenvalue weighted by atomic mass is 10.2. The Kier molecular flexibility index (Phi) is 3.42. The van der Waals surface area contributed by atoms with Crippen LogP contribution in [-0.2, 0) is 6.61 Å². The molecule has 8 nitrogen and oxygen atoms in total. The second kappa shape index (κ2) is 5.17. The van der Waals surface area contributed by atoms with E-state index in [0.29, 0.717) is 5.56 Å². The van der Waals surface area contributed by atoms with Gasteiger partial charge in [0, 0.05) is 17.7 Å². The van der Waals surface area contributed by atoms with E-state index in [9.17, 15) is 14.9 Å². The van der Waals surface area contributed by atoms with E-state index in [1.807, 2.05) is 0 Å². The summed E-state index contributed by atoms with van der Waals surface area (Å²) in [5.74, 6) is -1.31. The van der Waals surface area contributed by atoms with Gasteiger partial charge in [-0.1, -0.05) is 5.16 Å². The van der Waals surface area contributed by atoms with Gasteiger partial charge in [-0.3, -0.25) is 10.1 Å². The number of aromatic carboxylic acids is 1. The lowest BCUT2D eigenvalue weighted by molar-refractivity contribution is -0.385. The van der Waals surface area contributed by atoms with Gasteiger partial charge in [0.2, 0.25) is 0 Å².